The van der Waals surface area contributed by atoms with E-state index in [9.17, 15) is 19.6 Å². The summed E-state index contributed by atoms with van der Waals surface area (Å²) in [5, 5.41) is 12.0. The van der Waals surface area contributed by atoms with Crippen molar-refractivity contribution in [2.45, 2.75) is 39.8 Å². The molecule has 0 radical (unpaired) electrons. The van der Waals surface area contributed by atoms with Crippen LogP contribution in [0.15, 0.2) is 35.1 Å². The first-order chi connectivity index (χ1) is 14.4. The Morgan fingerprint density at radius 1 is 1.23 bits per heavy atom. The van der Waals surface area contributed by atoms with Crippen molar-refractivity contribution >= 4 is 17.6 Å². The maximum Gasteiger partial charge on any atom is 0.338 e. The van der Waals surface area contributed by atoms with Crippen molar-refractivity contribution in [2.24, 2.45) is 0 Å². The van der Waals surface area contributed by atoms with Crippen molar-refractivity contribution in [1.82, 2.24) is 4.57 Å². The van der Waals surface area contributed by atoms with E-state index in [0.29, 0.717) is 29.1 Å². The molecule has 2 rings (SSSR count). The highest BCUT2D eigenvalue weighted by Gasteiger charge is 2.15. The van der Waals surface area contributed by atoms with Crippen LogP contribution in [0.5, 0.6) is 0 Å². The highest BCUT2D eigenvalue weighted by atomic mass is 16.5. The number of aromatic nitrogens is 1. The van der Waals surface area contributed by atoms with Crippen molar-refractivity contribution < 1.29 is 19.1 Å². The number of nitrogens with one attached hydrogen (secondary N) is 1. The highest BCUT2D eigenvalue weighted by Crippen LogP contribution is 2.12. The Kier molecular flexibility index (Phi) is 8.32. The van der Waals surface area contributed by atoms with Crippen LogP contribution in [0.1, 0.15) is 46.9 Å². The van der Waals surface area contributed by atoms with Crippen LogP contribution in [0, 0.1) is 18.3 Å². The quantitative estimate of drug-likeness (QED) is 0.502. The number of anilines is 1. The van der Waals surface area contributed by atoms with Crippen LogP contribution in [0.2, 0.25) is 0 Å². The predicted molar refractivity (Wildman–Crippen MR) is 111 cm³/mol. The zero-order chi connectivity index (χ0) is 22.1. The van der Waals surface area contributed by atoms with Crippen LogP contribution in [-0.2, 0) is 27.4 Å². The normalized spacial score (nSPS) is 10.3. The average Bonchev–Trinajstić information content (AvgIpc) is 2.72. The molecule has 0 aliphatic heterocycles. The smallest absolute Gasteiger partial charge is 0.338 e. The SMILES string of the molecule is CCCCOC(=O)c1ccc(NC(=O)Cn2c(C)cc(COC)c(C#N)c2=O)cc1. The van der Waals surface area contributed by atoms with E-state index in [2.05, 4.69) is 5.32 Å². The van der Waals surface area contributed by atoms with Crippen molar-refractivity contribution in [3.8, 4) is 6.07 Å². The molecule has 158 valence electrons. The molecule has 1 aromatic carbocycles. The third kappa shape index (κ3) is 5.78. The lowest BCUT2D eigenvalue weighted by atomic mass is 10.1. The molecule has 0 bridgehead atoms. The number of carbonyl (C=O) groups is 2. The zero-order valence-electron chi connectivity index (χ0n) is 17.4. The summed E-state index contributed by atoms with van der Waals surface area (Å²) < 4.78 is 11.4. The number of amides is 1. The monoisotopic (exact) mass is 411 g/mol. The molecule has 0 saturated heterocycles. The molecule has 0 saturated carbocycles. The summed E-state index contributed by atoms with van der Waals surface area (Å²) >= 11 is 0. The first-order valence-corrected chi connectivity index (χ1v) is 9.60. The first kappa shape index (κ1) is 22.8. The van der Waals surface area contributed by atoms with Crippen LogP contribution in [0.4, 0.5) is 5.69 Å². The van der Waals surface area contributed by atoms with E-state index in [-0.39, 0.29) is 18.7 Å². The molecule has 0 spiro atoms. The molecule has 8 heteroatoms. The van der Waals surface area contributed by atoms with E-state index >= 15 is 0 Å². The molecule has 30 heavy (non-hydrogen) atoms. The summed E-state index contributed by atoms with van der Waals surface area (Å²) in [5.74, 6) is -0.842. The number of hydrogen-bond donors (Lipinski definition) is 1. The fourth-order valence-electron chi connectivity index (χ4n) is 2.85. The van der Waals surface area contributed by atoms with Crippen molar-refractivity contribution in [2.75, 3.05) is 19.0 Å². The second-order valence-electron chi connectivity index (χ2n) is 6.74. The highest BCUT2D eigenvalue weighted by molar-refractivity contribution is 5.93. The van der Waals surface area contributed by atoms with Gasteiger partial charge in [0, 0.05) is 24.1 Å². The molecule has 1 aromatic heterocycles. The van der Waals surface area contributed by atoms with Gasteiger partial charge in [0.1, 0.15) is 18.2 Å². The van der Waals surface area contributed by atoms with Crippen LogP contribution in [-0.4, -0.2) is 30.2 Å². The second kappa shape index (κ2) is 10.9. The summed E-state index contributed by atoms with van der Waals surface area (Å²) in [6.07, 6.45) is 1.74. The van der Waals surface area contributed by atoms with Gasteiger partial charge in [0.15, 0.2) is 0 Å². The Hall–Kier alpha value is -3.44. The zero-order valence-corrected chi connectivity index (χ0v) is 17.4. The average molecular weight is 411 g/mol. The predicted octanol–water partition coefficient (Wildman–Crippen LogP) is 2.77. The minimum absolute atomic E-state index is 0.0406. The summed E-state index contributed by atoms with van der Waals surface area (Å²) in [6.45, 7) is 3.96. The Labute approximate surface area is 175 Å². The summed E-state index contributed by atoms with van der Waals surface area (Å²) in [4.78, 5) is 36.9. The number of nitriles is 1. The molecule has 2 aromatic rings. The van der Waals surface area contributed by atoms with Gasteiger partial charge in [0.25, 0.3) is 5.56 Å². The van der Waals surface area contributed by atoms with Gasteiger partial charge in [-0.25, -0.2) is 4.79 Å². The number of ether oxygens (including phenoxy) is 2. The van der Waals surface area contributed by atoms with Gasteiger partial charge in [-0.2, -0.15) is 5.26 Å². The summed E-state index contributed by atoms with van der Waals surface area (Å²) in [6, 6.07) is 9.86. The maximum atomic E-state index is 12.6. The molecular weight excluding hydrogens is 386 g/mol. The molecule has 0 aliphatic carbocycles. The molecule has 1 amide bonds. The maximum absolute atomic E-state index is 12.6. The van der Waals surface area contributed by atoms with Gasteiger partial charge in [-0.1, -0.05) is 13.3 Å². The number of rotatable bonds is 9. The van der Waals surface area contributed by atoms with Crippen molar-refractivity contribution in [3.63, 3.8) is 0 Å². The van der Waals surface area contributed by atoms with E-state index in [4.69, 9.17) is 9.47 Å². The Bertz CT molecular complexity index is 1000. The number of benzene rings is 1. The molecule has 8 nitrogen and oxygen atoms in total. The van der Waals surface area contributed by atoms with E-state index in [1.807, 2.05) is 13.0 Å². The van der Waals surface area contributed by atoms with Gasteiger partial charge >= 0.3 is 5.97 Å². The molecule has 1 N–H and O–H groups in total. The Balaban J connectivity index is 2.08. The van der Waals surface area contributed by atoms with Gasteiger partial charge in [-0.05, 0) is 43.7 Å². The molecule has 1 heterocycles. The summed E-state index contributed by atoms with van der Waals surface area (Å²) in [5.41, 5.74) is 1.33. The minimum Gasteiger partial charge on any atom is -0.462 e. The van der Waals surface area contributed by atoms with Crippen LogP contribution in [0.3, 0.4) is 0 Å². The van der Waals surface area contributed by atoms with Crippen LogP contribution >= 0.6 is 0 Å². The lowest BCUT2D eigenvalue weighted by Crippen LogP contribution is -2.31. The van der Waals surface area contributed by atoms with Gasteiger partial charge < -0.3 is 19.4 Å². The number of hydrogen-bond acceptors (Lipinski definition) is 6. The van der Waals surface area contributed by atoms with Crippen LogP contribution in [0.25, 0.3) is 0 Å². The fraction of sp³-hybridized carbons (Fsp3) is 0.364. The number of nitrogens with zero attached hydrogens (tertiary/aromatic N) is 2. The molecular formula is C22H25N3O5. The first-order valence-electron chi connectivity index (χ1n) is 9.60. The summed E-state index contributed by atoms with van der Waals surface area (Å²) in [7, 11) is 1.48. The topological polar surface area (TPSA) is 110 Å². The van der Waals surface area contributed by atoms with Gasteiger partial charge in [-0.3, -0.25) is 9.59 Å². The fourth-order valence-corrected chi connectivity index (χ4v) is 2.85. The van der Waals surface area contributed by atoms with E-state index in [0.717, 1.165) is 12.8 Å². The molecule has 0 unspecified atom stereocenters. The van der Waals surface area contributed by atoms with Gasteiger partial charge in [0.2, 0.25) is 5.91 Å². The Morgan fingerprint density at radius 2 is 1.93 bits per heavy atom. The van der Waals surface area contributed by atoms with Crippen molar-refractivity contribution in [3.05, 3.63) is 63.1 Å². The van der Waals surface area contributed by atoms with Gasteiger partial charge in [0.05, 0.1) is 18.8 Å². The van der Waals surface area contributed by atoms with Crippen molar-refractivity contribution in [1.29, 1.82) is 5.26 Å². The number of methoxy groups -OCH3 is 1. The largest absolute Gasteiger partial charge is 0.462 e. The third-order valence-electron chi connectivity index (χ3n) is 4.44. The van der Waals surface area contributed by atoms with Gasteiger partial charge in [-0.15, -0.1) is 0 Å². The third-order valence-corrected chi connectivity index (χ3v) is 4.44. The lowest BCUT2D eigenvalue weighted by Gasteiger charge is -2.13. The molecule has 0 fully saturated rings. The lowest BCUT2D eigenvalue weighted by molar-refractivity contribution is -0.116. The molecule has 0 aliphatic rings. The Morgan fingerprint density at radius 3 is 2.53 bits per heavy atom. The minimum atomic E-state index is -0.537. The van der Waals surface area contributed by atoms with E-state index in [1.54, 1.807) is 37.3 Å². The number of pyridine rings is 1. The van der Waals surface area contributed by atoms with Crippen LogP contribution < -0.4 is 10.9 Å². The second-order valence-corrected chi connectivity index (χ2v) is 6.74. The van der Waals surface area contributed by atoms with E-state index in [1.165, 1.54) is 11.7 Å². The number of esters is 1. The van der Waals surface area contributed by atoms with E-state index < -0.39 is 17.4 Å². The number of aryl methyl sites for hydroxylation is 1. The molecule has 0 atom stereocenters. The number of unbranched alkanes of at least 4 members (excludes halogenated alkanes) is 1. The standard InChI is InChI=1S/C22H25N3O5/c1-4-5-10-30-22(28)16-6-8-18(9-7-16)24-20(26)13-25-15(2)11-17(14-29-3)19(12-23)21(25)27/h6-9,11H,4-5,10,13-14H2,1-3H3,(H,24,26). The number of carbonyl (C=O) groups excluding carboxylic acids is 2.